The van der Waals surface area contributed by atoms with Gasteiger partial charge in [0.15, 0.2) is 11.5 Å². The molecule has 0 spiro atoms. The number of sulfonamides is 1. The number of ether oxygens (including phenoxy) is 2. The Morgan fingerprint density at radius 3 is 2.41 bits per heavy atom. The smallest absolute Gasteiger partial charge is 0.265 e. The minimum Gasteiger partial charge on any atom is -0.493 e. The molecule has 0 atom stereocenters. The topological polar surface area (TPSA) is 97.8 Å². The van der Waals surface area contributed by atoms with Crippen molar-refractivity contribution in [1.82, 2.24) is 10.3 Å². The van der Waals surface area contributed by atoms with Crippen LogP contribution in [0.15, 0.2) is 71.8 Å². The van der Waals surface area contributed by atoms with Gasteiger partial charge in [-0.3, -0.25) is 14.1 Å². The molecule has 8 nitrogen and oxygen atoms in total. The third kappa shape index (κ3) is 5.14. The van der Waals surface area contributed by atoms with Crippen LogP contribution in [0.1, 0.15) is 5.69 Å². The van der Waals surface area contributed by atoms with Gasteiger partial charge in [0, 0.05) is 12.3 Å². The number of pyridine rings is 1. The highest BCUT2D eigenvalue weighted by molar-refractivity contribution is 7.92. The first-order chi connectivity index (χ1) is 15.4. The first kappa shape index (κ1) is 23.0. The van der Waals surface area contributed by atoms with E-state index in [0.29, 0.717) is 11.4 Å². The van der Waals surface area contributed by atoms with Gasteiger partial charge in [0.05, 0.1) is 37.0 Å². The van der Waals surface area contributed by atoms with E-state index >= 15 is 0 Å². The van der Waals surface area contributed by atoms with E-state index < -0.39 is 28.3 Å². The fraction of sp³-hybridized carbons (Fsp3) is 0.182. The molecule has 1 amide bonds. The summed E-state index contributed by atoms with van der Waals surface area (Å²) in [5, 5.41) is 2.61. The highest BCUT2D eigenvalue weighted by atomic mass is 32.2. The molecule has 0 bridgehead atoms. The van der Waals surface area contributed by atoms with Crippen LogP contribution in [0.5, 0.6) is 11.5 Å². The number of hydrogen-bond acceptors (Lipinski definition) is 6. The van der Waals surface area contributed by atoms with Crippen molar-refractivity contribution in [3.8, 4) is 11.5 Å². The van der Waals surface area contributed by atoms with Gasteiger partial charge in [-0.1, -0.05) is 18.2 Å². The Morgan fingerprint density at radius 2 is 1.75 bits per heavy atom. The van der Waals surface area contributed by atoms with Gasteiger partial charge in [0.25, 0.3) is 10.0 Å². The fourth-order valence-electron chi connectivity index (χ4n) is 2.94. The van der Waals surface area contributed by atoms with Crippen LogP contribution in [0.4, 0.5) is 10.1 Å². The second-order valence-corrected chi connectivity index (χ2v) is 8.44. The zero-order valence-electron chi connectivity index (χ0n) is 17.5. The van der Waals surface area contributed by atoms with Gasteiger partial charge in [0.1, 0.15) is 12.4 Å². The number of nitrogens with zero attached hydrogens (tertiary/aromatic N) is 2. The number of anilines is 1. The van der Waals surface area contributed by atoms with Crippen molar-refractivity contribution < 1.29 is 27.1 Å². The van der Waals surface area contributed by atoms with Crippen molar-refractivity contribution in [3.05, 3.63) is 78.4 Å². The second-order valence-electron chi connectivity index (χ2n) is 6.58. The maximum absolute atomic E-state index is 14.6. The molecule has 0 saturated carbocycles. The largest absolute Gasteiger partial charge is 0.493 e. The summed E-state index contributed by atoms with van der Waals surface area (Å²) in [5.41, 5.74) is 0.344. The van der Waals surface area contributed by atoms with Crippen LogP contribution >= 0.6 is 0 Å². The molecule has 0 fully saturated rings. The third-order valence-electron chi connectivity index (χ3n) is 4.54. The summed E-state index contributed by atoms with van der Waals surface area (Å²) in [5.74, 6) is -0.893. The lowest BCUT2D eigenvalue weighted by atomic mass is 10.3. The number of carbonyl (C=O) groups excluding carboxylic acids is 1. The van der Waals surface area contributed by atoms with E-state index in [1.807, 2.05) is 0 Å². The second kappa shape index (κ2) is 10.1. The summed E-state index contributed by atoms with van der Waals surface area (Å²) in [6.07, 6.45) is 1.58. The molecule has 168 valence electrons. The molecular formula is C22H22FN3O5S. The van der Waals surface area contributed by atoms with Crippen LogP contribution in [0, 0.1) is 5.82 Å². The average Bonchev–Trinajstić information content (AvgIpc) is 2.81. The van der Waals surface area contributed by atoms with Gasteiger partial charge >= 0.3 is 0 Å². The summed E-state index contributed by atoms with van der Waals surface area (Å²) in [4.78, 5) is 16.5. The van der Waals surface area contributed by atoms with Crippen LogP contribution < -0.4 is 19.1 Å². The Bertz CT molecular complexity index is 1190. The molecular weight excluding hydrogens is 437 g/mol. The van der Waals surface area contributed by atoms with Gasteiger partial charge in [-0.15, -0.1) is 0 Å². The van der Waals surface area contributed by atoms with Gasteiger partial charge in [-0.05, 0) is 36.4 Å². The van der Waals surface area contributed by atoms with Gasteiger partial charge in [-0.25, -0.2) is 12.8 Å². The minimum absolute atomic E-state index is 0.0984. The van der Waals surface area contributed by atoms with Crippen LogP contribution in [0.3, 0.4) is 0 Å². The number of nitrogens with one attached hydrogen (secondary N) is 1. The summed E-state index contributed by atoms with van der Waals surface area (Å²) in [7, 11) is -1.54. The SMILES string of the molecule is COc1ccc(S(=O)(=O)N(CC(=O)NCc2ccccn2)c2ccccc2F)cc1OC. The molecule has 3 rings (SSSR count). The van der Waals surface area contributed by atoms with Crippen molar-refractivity contribution in [2.45, 2.75) is 11.4 Å². The van der Waals surface area contributed by atoms with E-state index in [1.165, 1.54) is 50.6 Å². The van der Waals surface area contributed by atoms with Crippen molar-refractivity contribution in [1.29, 1.82) is 0 Å². The Balaban J connectivity index is 1.94. The Hall–Kier alpha value is -3.66. The lowest BCUT2D eigenvalue weighted by molar-refractivity contribution is -0.119. The monoisotopic (exact) mass is 459 g/mol. The summed E-state index contributed by atoms with van der Waals surface area (Å²) >= 11 is 0. The Labute approximate surface area is 185 Å². The average molecular weight is 459 g/mol. The lowest BCUT2D eigenvalue weighted by Gasteiger charge is -2.24. The predicted octanol–water partition coefficient (Wildman–Crippen LogP) is 2.75. The molecule has 2 aromatic carbocycles. The number of amides is 1. The lowest BCUT2D eigenvalue weighted by Crippen LogP contribution is -2.41. The number of benzene rings is 2. The molecule has 3 aromatic rings. The van der Waals surface area contributed by atoms with Crippen LogP contribution in [-0.2, 0) is 21.4 Å². The number of hydrogen-bond donors (Lipinski definition) is 1. The zero-order chi connectivity index (χ0) is 23.1. The maximum Gasteiger partial charge on any atom is 0.265 e. The molecule has 1 N–H and O–H groups in total. The molecule has 1 aromatic heterocycles. The number of para-hydroxylation sites is 1. The van der Waals surface area contributed by atoms with Gasteiger partial charge in [-0.2, -0.15) is 0 Å². The van der Waals surface area contributed by atoms with Crippen molar-refractivity contribution in [2.24, 2.45) is 0 Å². The number of halogens is 1. The number of rotatable bonds is 9. The number of methoxy groups -OCH3 is 2. The van der Waals surface area contributed by atoms with E-state index in [0.717, 1.165) is 10.4 Å². The van der Waals surface area contributed by atoms with Crippen LogP contribution in [-0.4, -0.2) is 40.1 Å². The number of carbonyl (C=O) groups is 1. The molecule has 0 unspecified atom stereocenters. The Morgan fingerprint density at radius 1 is 1.03 bits per heavy atom. The highest BCUT2D eigenvalue weighted by Gasteiger charge is 2.30. The summed E-state index contributed by atoms with van der Waals surface area (Å²) in [6, 6.07) is 14.5. The normalized spacial score (nSPS) is 11.0. The summed E-state index contributed by atoms with van der Waals surface area (Å²) < 4.78 is 52.5. The predicted molar refractivity (Wildman–Crippen MR) is 117 cm³/mol. The first-order valence-corrected chi connectivity index (χ1v) is 11.0. The van der Waals surface area contributed by atoms with Crippen LogP contribution in [0.25, 0.3) is 0 Å². The van der Waals surface area contributed by atoms with Crippen molar-refractivity contribution >= 4 is 21.6 Å². The van der Waals surface area contributed by atoms with Crippen LogP contribution in [0.2, 0.25) is 0 Å². The Kier molecular flexibility index (Phi) is 7.26. The highest BCUT2D eigenvalue weighted by Crippen LogP contribution is 2.32. The molecule has 0 aliphatic rings. The zero-order valence-corrected chi connectivity index (χ0v) is 18.3. The van der Waals surface area contributed by atoms with Gasteiger partial charge in [0.2, 0.25) is 5.91 Å². The molecule has 32 heavy (non-hydrogen) atoms. The molecule has 1 heterocycles. The third-order valence-corrected chi connectivity index (χ3v) is 6.30. The van der Waals surface area contributed by atoms with E-state index in [1.54, 1.807) is 24.4 Å². The summed E-state index contributed by atoms with van der Waals surface area (Å²) in [6.45, 7) is -0.536. The van der Waals surface area contributed by atoms with E-state index in [9.17, 15) is 17.6 Å². The maximum atomic E-state index is 14.6. The van der Waals surface area contributed by atoms with E-state index in [2.05, 4.69) is 10.3 Å². The first-order valence-electron chi connectivity index (χ1n) is 9.52. The van der Waals surface area contributed by atoms with E-state index in [-0.39, 0.29) is 22.9 Å². The molecule has 0 saturated heterocycles. The van der Waals surface area contributed by atoms with Gasteiger partial charge < -0.3 is 14.8 Å². The van der Waals surface area contributed by atoms with Crippen molar-refractivity contribution in [3.63, 3.8) is 0 Å². The minimum atomic E-state index is -4.33. The molecule has 10 heteroatoms. The standard InChI is InChI=1S/C22H22FN3O5S/c1-30-20-11-10-17(13-21(20)31-2)32(28,29)26(19-9-4-3-8-18(19)23)15-22(27)25-14-16-7-5-6-12-24-16/h3-13H,14-15H2,1-2H3,(H,25,27). The fourth-order valence-corrected chi connectivity index (χ4v) is 4.38. The van der Waals surface area contributed by atoms with E-state index in [4.69, 9.17) is 9.47 Å². The number of aromatic nitrogens is 1. The molecule has 0 aliphatic carbocycles. The quantitative estimate of drug-likeness (QED) is 0.529. The molecule has 0 radical (unpaired) electrons. The molecule has 0 aliphatic heterocycles. The van der Waals surface area contributed by atoms with Crippen molar-refractivity contribution in [2.75, 3.05) is 25.1 Å².